The highest BCUT2D eigenvalue weighted by molar-refractivity contribution is 5.98. The number of aliphatic hydroxyl groups excluding tert-OH is 1. The van der Waals surface area contributed by atoms with Gasteiger partial charge in [0.05, 0.1) is 13.2 Å². The number of piperidine rings is 2. The van der Waals surface area contributed by atoms with E-state index in [-0.39, 0.29) is 23.7 Å². The molecule has 2 atom stereocenters. The topological polar surface area (TPSA) is 70.1 Å². The van der Waals surface area contributed by atoms with Gasteiger partial charge >= 0.3 is 0 Å². The van der Waals surface area contributed by atoms with Crippen LogP contribution in [0, 0.1) is 5.92 Å². The maximum atomic E-state index is 12.8. The Morgan fingerprint density at radius 2 is 1.58 bits per heavy atom. The van der Waals surface area contributed by atoms with Crippen LogP contribution in [0.5, 0.6) is 5.75 Å². The molecule has 6 nitrogen and oxygen atoms in total. The zero-order valence-corrected chi connectivity index (χ0v) is 17.9. The van der Waals surface area contributed by atoms with Crippen LogP contribution < -0.4 is 4.74 Å². The van der Waals surface area contributed by atoms with E-state index in [1.807, 2.05) is 54.6 Å². The van der Waals surface area contributed by atoms with Crippen molar-refractivity contribution in [3.63, 3.8) is 0 Å². The number of benzene rings is 2. The number of hydrogen-bond acceptors (Lipinski definition) is 5. The Labute approximate surface area is 183 Å². The molecule has 2 aromatic rings. The molecule has 6 heteroatoms. The van der Waals surface area contributed by atoms with Gasteiger partial charge in [-0.2, -0.15) is 0 Å². The van der Waals surface area contributed by atoms with Crippen LogP contribution in [0.1, 0.15) is 40.0 Å². The van der Waals surface area contributed by atoms with E-state index in [4.69, 9.17) is 4.74 Å². The summed E-state index contributed by atoms with van der Waals surface area (Å²) in [7, 11) is 1.61. The van der Waals surface area contributed by atoms with E-state index >= 15 is 0 Å². The molecule has 4 rings (SSSR count). The molecule has 2 fully saturated rings. The lowest BCUT2D eigenvalue weighted by Crippen LogP contribution is -2.57. The molecule has 0 spiro atoms. The molecule has 2 unspecified atom stereocenters. The van der Waals surface area contributed by atoms with Crippen molar-refractivity contribution in [1.82, 2.24) is 9.80 Å². The van der Waals surface area contributed by atoms with Gasteiger partial charge in [-0.05, 0) is 68.8 Å². The van der Waals surface area contributed by atoms with E-state index in [1.165, 1.54) is 0 Å². The molecule has 2 saturated heterocycles. The summed E-state index contributed by atoms with van der Waals surface area (Å²) in [5.41, 5.74) is 1.39. The standard InChI is InChI=1S/C25H30N2O4/c1-31-21-9-7-18(8-10-21)24(29)19-11-14-26(15-12-19)22-13-16-27(17-23(22)28)25(30)20-5-3-2-4-6-20/h2-10,19,22-23,28H,11-17H2,1H3. The number of methoxy groups -OCH3 is 1. The van der Waals surface area contributed by atoms with E-state index in [0.29, 0.717) is 18.7 Å². The zero-order valence-electron chi connectivity index (χ0n) is 17.9. The van der Waals surface area contributed by atoms with Crippen molar-refractivity contribution in [2.45, 2.75) is 31.4 Å². The summed E-state index contributed by atoms with van der Waals surface area (Å²) >= 11 is 0. The van der Waals surface area contributed by atoms with E-state index in [1.54, 1.807) is 12.0 Å². The van der Waals surface area contributed by atoms with Crippen LogP contribution in [-0.2, 0) is 0 Å². The third kappa shape index (κ3) is 4.81. The van der Waals surface area contributed by atoms with Crippen LogP contribution in [0.25, 0.3) is 0 Å². The largest absolute Gasteiger partial charge is 0.497 e. The van der Waals surface area contributed by atoms with Gasteiger partial charge in [-0.3, -0.25) is 14.5 Å². The minimum Gasteiger partial charge on any atom is -0.497 e. The zero-order chi connectivity index (χ0) is 21.8. The summed E-state index contributed by atoms with van der Waals surface area (Å²) in [6.45, 7) is 2.57. The first-order valence-electron chi connectivity index (χ1n) is 11.0. The number of hydrogen-bond donors (Lipinski definition) is 1. The van der Waals surface area contributed by atoms with Gasteiger partial charge in [0.15, 0.2) is 5.78 Å². The predicted octanol–water partition coefficient (Wildman–Crippen LogP) is 2.87. The quantitative estimate of drug-likeness (QED) is 0.751. The fraction of sp³-hybridized carbons (Fsp3) is 0.440. The molecule has 1 N–H and O–H groups in total. The molecular weight excluding hydrogens is 392 g/mol. The second-order valence-corrected chi connectivity index (χ2v) is 8.44. The highest BCUT2D eigenvalue weighted by Gasteiger charge is 2.36. The lowest BCUT2D eigenvalue weighted by Gasteiger charge is -2.44. The Morgan fingerprint density at radius 3 is 2.19 bits per heavy atom. The van der Waals surface area contributed by atoms with Crippen molar-refractivity contribution in [2.24, 2.45) is 5.92 Å². The summed E-state index contributed by atoms with van der Waals surface area (Å²) in [5, 5.41) is 10.8. The number of rotatable bonds is 5. The molecular formula is C25H30N2O4. The lowest BCUT2D eigenvalue weighted by atomic mass is 9.87. The molecule has 0 bridgehead atoms. The van der Waals surface area contributed by atoms with Crippen molar-refractivity contribution in [2.75, 3.05) is 33.3 Å². The van der Waals surface area contributed by atoms with Crippen molar-refractivity contribution in [3.05, 3.63) is 65.7 Å². The number of Topliss-reactive ketones (excluding diaryl/α,β-unsaturated/α-hetero) is 1. The first-order valence-corrected chi connectivity index (χ1v) is 11.0. The fourth-order valence-electron chi connectivity index (χ4n) is 4.78. The van der Waals surface area contributed by atoms with Crippen LogP contribution in [0.3, 0.4) is 0 Å². The van der Waals surface area contributed by atoms with E-state index in [2.05, 4.69) is 4.90 Å². The van der Waals surface area contributed by atoms with Gasteiger partial charge in [-0.25, -0.2) is 0 Å². The number of ketones is 1. The van der Waals surface area contributed by atoms with Crippen LogP contribution in [0.2, 0.25) is 0 Å². The number of amides is 1. The number of nitrogens with zero attached hydrogens (tertiary/aromatic N) is 2. The molecule has 1 amide bonds. The fourth-order valence-corrected chi connectivity index (χ4v) is 4.78. The summed E-state index contributed by atoms with van der Waals surface area (Å²) in [6.07, 6.45) is 1.76. The molecule has 164 valence electrons. The Kier molecular flexibility index (Phi) is 6.68. The molecule has 0 radical (unpaired) electrons. The highest BCUT2D eigenvalue weighted by atomic mass is 16.5. The third-order valence-electron chi connectivity index (χ3n) is 6.60. The first-order chi connectivity index (χ1) is 15.1. The number of β-amino-alcohol motifs (C(OH)–C–C–N with tert-alkyl or cyclic N) is 1. The number of carbonyl (C=O) groups excluding carboxylic acids is 2. The van der Waals surface area contributed by atoms with Crippen molar-refractivity contribution in [1.29, 1.82) is 0 Å². The molecule has 2 aliphatic rings. The number of likely N-dealkylation sites (tertiary alicyclic amines) is 2. The molecule has 0 aromatic heterocycles. The Morgan fingerprint density at radius 1 is 0.903 bits per heavy atom. The molecule has 2 heterocycles. The average Bonchev–Trinajstić information content (AvgIpc) is 2.84. The van der Waals surface area contributed by atoms with Crippen LogP contribution in [0.4, 0.5) is 0 Å². The third-order valence-corrected chi connectivity index (χ3v) is 6.60. The Hall–Kier alpha value is -2.70. The van der Waals surface area contributed by atoms with Gasteiger partial charge in [0, 0.05) is 36.2 Å². The maximum absolute atomic E-state index is 12.8. The minimum absolute atomic E-state index is 0.0153. The van der Waals surface area contributed by atoms with Gasteiger partial charge < -0.3 is 14.7 Å². The normalized spacial score (nSPS) is 22.8. The summed E-state index contributed by atoms with van der Waals surface area (Å²) in [5.74, 6) is 0.923. The van der Waals surface area contributed by atoms with Gasteiger partial charge in [-0.15, -0.1) is 0 Å². The van der Waals surface area contributed by atoms with E-state index in [9.17, 15) is 14.7 Å². The lowest BCUT2D eigenvalue weighted by molar-refractivity contribution is -0.0185. The summed E-state index contributed by atoms with van der Waals surface area (Å²) in [6, 6.07) is 16.6. The summed E-state index contributed by atoms with van der Waals surface area (Å²) < 4.78 is 5.17. The van der Waals surface area contributed by atoms with Crippen LogP contribution in [-0.4, -0.2) is 72.0 Å². The van der Waals surface area contributed by atoms with Gasteiger partial charge in [0.2, 0.25) is 0 Å². The van der Waals surface area contributed by atoms with Crippen molar-refractivity contribution >= 4 is 11.7 Å². The van der Waals surface area contributed by atoms with E-state index in [0.717, 1.165) is 43.7 Å². The first kappa shape index (κ1) is 21.5. The SMILES string of the molecule is COc1ccc(C(=O)C2CCN(C3CCN(C(=O)c4ccccc4)CC3O)CC2)cc1. The Balaban J connectivity index is 1.30. The van der Waals surface area contributed by atoms with Crippen LogP contribution >= 0.6 is 0 Å². The monoisotopic (exact) mass is 422 g/mol. The Bertz CT molecular complexity index is 891. The minimum atomic E-state index is -0.574. The second-order valence-electron chi connectivity index (χ2n) is 8.44. The van der Waals surface area contributed by atoms with Crippen LogP contribution in [0.15, 0.2) is 54.6 Å². The van der Waals surface area contributed by atoms with E-state index < -0.39 is 6.10 Å². The molecule has 2 aliphatic heterocycles. The molecule has 0 saturated carbocycles. The van der Waals surface area contributed by atoms with Crippen molar-refractivity contribution in [3.8, 4) is 5.75 Å². The summed E-state index contributed by atoms with van der Waals surface area (Å²) in [4.78, 5) is 29.6. The average molecular weight is 423 g/mol. The molecule has 0 aliphatic carbocycles. The number of ether oxygens (including phenoxy) is 1. The molecule has 31 heavy (non-hydrogen) atoms. The highest BCUT2D eigenvalue weighted by Crippen LogP contribution is 2.27. The van der Waals surface area contributed by atoms with Gasteiger partial charge in [0.1, 0.15) is 5.75 Å². The van der Waals surface area contributed by atoms with Crippen molar-refractivity contribution < 1.29 is 19.4 Å². The second kappa shape index (κ2) is 9.62. The molecule has 2 aromatic carbocycles. The maximum Gasteiger partial charge on any atom is 0.253 e. The number of aliphatic hydroxyl groups is 1. The smallest absolute Gasteiger partial charge is 0.253 e. The number of carbonyl (C=O) groups is 2. The predicted molar refractivity (Wildman–Crippen MR) is 118 cm³/mol. The van der Waals surface area contributed by atoms with Gasteiger partial charge in [-0.1, -0.05) is 18.2 Å². The van der Waals surface area contributed by atoms with Gasteiger partial charge in [0.25, 0.3) is 5.91 Å².